The van der Waals surface area contributed by atoms with Crippen LogP contribution in [0.4, 0.5) is 0 Å². The molecule has 0 spiro atoms. The Balaban J connectivity index is 1.96. The molecule has 0 N–H and O–H groups in total. The van der Waals surface area contributed by atoms with Crippen LogP contribution in [-0.4, -0.2) is 30.9 Å². The van der Waals surface area contributed by atoms with Crippen molar-refractivity contribution in [1.82, 2.24) is 0 Å². The molecule has 1 saturated carbocycles. The van der Waals surface area contributed by atoms with Crippen LogP contribution in [0.5, 0.6) is 0 Å². The van der Waals surface area contributed by atoms with E-state index in [0.717, 1.165) is 32.0 Å². The van der Waals surface area contributed by atoms with Crippen LogP contribution in [0.1, 0.15) is 67.2 Å². The fraction of sp³-hybridized carbons (Fsp3) is 0.941. The normalized spacial score (nSPS) is 33.2. The molecule has 0 radical (unpaired) electrons. The summed E-state index contributed by atoms with van der Waals surface area (Å²) in [5.41, 5.74) is -0.844. The first-order valence-electron chi connectivity index (χ1n) is 8.68. The van der Waals surface area contributed by atoms with Crippen molar-refractivity contribution in [1.29, 1.82) is 0 Å². The first kappa shape index (κ1) is 17.8. The molecule has 1 heterocycles. The Morgan fingerprint density at radius 1 is 1.18 bits per heavy atom. The quantitative estimate of drug-likeness (QED) is 0.572. The SMILES string of the molecule is CCOC(=O)C1(CC)CCC(CB2OC(C)(C)C(C)(C)O2)C1. The van der Waals surface area contributed by atoms with Gasteiger partial charge in [-0.1, -0.05) is 6.92 Å². The Morgan fingerprint density at radius 3 is 2.27 bits per heavy atom. The molecule has 0 aromatic heterocycles. The van der Waals surface area contributed by atoms with E-state index in [1.165, 1.54) is 0 Å². The molecule has 22 heavy (non-hydrogen) atoms. The molecule has 126 valence electrons. The number of carbonyl (C=O) groups excluding carboxylic acids is 1. The Bertz CT molecular complexity index is 405. The maximum atomic E-state index is 12.3. The van der Waals surface area contributed by atoms with E-state index in [4.69, 9.17) is 14.0 Å². The van der Waals surface area contributed by atoms with Gasteiger partial charge < -0.3 is 14.0 Å². The molecule has 0 aromatic carbocycles. The van der Waals surface area contributed by atoms with Gasteiger partial charge in [0.2, 0.25) is 0 Å². The van der Waals surface area contributed by atoms with Gasteiger partial charge in [0.25, 0.3) is 0 Å². The molecule has 0 amide bonds. The summed E-state index contributed by atoms with van der Waals surface area (Å²) in [5, 5.41) is 0. The van der Waals surface area contributed by atoms with Gasteiger partial charge in [-0.05, 0) is 72.5 Å². The van der Waals surface area contributed by atoms with Gasteiger partial charge in [0.15, 0.2) is 0 Å². The maximum Gasteiger partial charge on any atom is 0.458 e. The van der Waals surface area contributed by atoms with Crippen LogP contribution in [0, 0.1) is 11.3 Å². The lowest BCUT2D eigenvalue weighted by molar-refractivity contribution is -0.155. The Morgan fingerprint density at radius 2 is 1.77 bits per heavy atom. The molecule has 2 rings (SSSR count). The fourth-order valence-corrected chi connectivity index (χ4v) is 3.71. The van der Waals surface area contributed by atoms with E-state index in [0.29, 0.717) is 12.5 Å². The molecule has 0 aromatic rings. The minimum absolute atomic E-state index is 0.0195. The second-order valence-electron chi connectivity index (χ2n) is 7.88. The summed E-state index contributed by atoms with van der Waals surface area (Å²) in [7, 11) is -0.162. The second-order valence-corrected chi connectivity index (χ2v) is 7.88. The molecule has 2 fully saturated rings. The van der Waals surface area contributed by atoms with Crippen molar-refractivity contribution in [3.8, 4) is 0 Å². The van der Waals surface area contributed by atoms with Crippen LogP contribution < -0.4 is 0 Å². The molecule has 2 unspecified atom stereocenters. The molecule has 2 atom stereocenters. The molecule has 4 nitrogen and oxygen atoms in total. The Kier molecular flexibility index (Phi) is 4.98. The van der Waals surface area contributed by atoms with Crippen LogP contribution >= 0.6 is 0 Å². The third-order valence-corrected chi connectivity index (χ3v) is 5.92. The van der Waals surface area contributed by atoms with Crippen molar-refractivity contribution >= 4 is 13.1 Å². The fourth-order valence-electron chi connectivity index (χ4n) is 3.71. The number of hydrogen-bond acceptors (Lipinski definition) is 4. The van der Waals surface area contributed by atoms with Gasteiger partial charge in [-0.2, -0.15) is 0 Å². The monoisotopic (exact) mass is 310 g/mol. The van der Waals surface area contributed by atoms with Crippen molar-refractivity contribution in [2.75, 3.05) is 6.61 Å². The summed E-state index contributed by atoms with van der Waals surface area (Å²) < 4.78 is 17.5. The van der Waals surface area contributed by atoms with Crippen LogP contribution in [0.25, 0.3) is 0 Å². The number of esters is 1. The highest BCUT2D eigenvalue weighted by molar-refractivity contribution is 6.45. The number of ether oxygens (including phenoxy) is 1. The lowest BCUT2D eigenvalue weighted by Gasteiger charge is -2.32. The number of rotatable bonds is 5. The third kappa shape index (κ3) is 3.21. The van der Waals surface area contributed by atoms with Crippen molar-refractivity contribution in [2.45, 2.75) is 84.7 Å². The third-order valence-electron chi connectivity index (χ3n) is 5.92. The average Bonchev–Trinajstić information content (AvgIpc) is 2.90. The summed E-state index contributed by atoms with van der Waals surface area (Å²) in [5.74, 6) is 0.452. The zero-order valence-corrected chi connectivity index (χ0v) is 15.0. The molecular formula is C17H31BO4. The minimum atomic E-state index is -0.287. The van der Waals surface area contributed by atoms with E-state index in [9.17, 15) is 4.79 Å². The highest BCUT2D eigenvalue weighted by Crippen LogP contribution is 2.48. The Labute approximate surface area is 135 Å². The van der Waals surface area contributed by atoms with Crippen LogP contribution in [0.15, 0.2) is 0 Å². The molecule has 2 aliphatic rings. The van der Waals surface area contributed by atoms with E-state index in [-0.39, 0.29) is 29.7 Å². The highest BCUT2D eigenvalue weighted by Gasteiger charge is 2.53. The summed E-state index contributed by atoms with van der Waals surface area (Å²) in [6, 6.07) is 0. The van der Waals surface area contributed by atoms with Crippen molar-refractivity contribution < 1.29 is 18.8 Å². The molecular weight excluding hydrogens is 279 g/mol. The number of hydrogen-bond donors (Lipinski definition) is 0. The van der Waals surface area contributed by atoms with Gasteiger partial charge in [-0.15, -0.1) is 0 Å². The van der Waals surface area contributed by atoms with Crippen LogP contribution in [-0.2, 0) is 18.8 Å². The van der Waals surface area contributed by atoms with Gasteiger partial charge in [-0.3, -0.25) is 4.79 Å². The summed E-state index contributed by atoms with van der Waals surface area (Å²) in [6.45, 7) is 12.7. The van der Waals surface area contributed by atoms with Gasteiger partial charge in [0, 0.05) is 0 Å². The van der Waals surface area contributed by atoms with Crippen LogP contribution in [0.2, 0.25) is 6.32 Å². The summed E-state index contributed by atoms with van der Waals surface area (Å²) in [4.78, 5) is 12.3. The minimum Gasteiger partial charge on any atom is -0.466 e. The topological polar surface area (TPSA) is 44.8 Å². The standard InChI is InChI=1S/C17H31BO4/c1-7-17(14(19)20-8-2)10-9-13(11-17)12-18-21-15(3,4)16(5,6)22-18/h13H,7-12H2,1-6H3. The first-order chi connectivity index (χ1) is 10.2. The zero-order valence-electron chi connectivity index (χ0n) is 15.0. The Hall–Kier alpha value is -0.545. The molecule has 1 aliphatic carbocycles. The van der Waals surface area contributed by atoms with Gasteiger partial charge in [0.05, 0.1) is 23.2 Å². The average molecular weight is 310 g/mol. The van der Waals surface area contributed by atoms with Gasteiger partial charge in [-0.25, -0.2) is 0 Å². The zero-order chi connectivity index (χ0) is 16.6. The largest absolute Gasteiger partial charge is 0.466 e. The van der Waals surface area contributed by atoms with E-state index < -0.39 is 0 Å². The lowest BCUT2D eigenvalue weighted by Crippen LogP contribution is -2.41. The van der Waals surface area contributed by atoms with E-state index in [1.54, 1.807) is 0 Å². The molecule has 1 saturated heterocycles. The van der Waals surface area contributed by atoms with Crippen molar-refractivity contribution in [3.63, 3.8) is 0 Å². The van der Waals surface area contributed by atoms with E-state index in [1.807, 2.05) is 6.92 Å². The smallest absolute Gasteiger partial charge is 0.458 e. The van der Waals surface area contributed by atoms with Crippen molar-refractivity contribution in [2.24, 2.45) is 11.3 Å². The van der Waals surface area contributed by atoms with Gasteiger partial charge >= 0.3 is 13.1 Å². The van der Waals surface area contributed by atoms with Crippen molar-refractivity contribution in [3.05, 3.63) is 0 Å². The summed E-state index contributed by atoms with van der Waals surface area (Å²) in [6.07, 6.45) is 4.59. The first-order valence-corrected chi connectivity index (χ1v) is 8.68. The van der Waals surface area contributed by atoms with E-state index in [2.05, 4.69) is 34.6 Å². The highest BCUT2D eigenvalue weighted by atomic mass is 16.7. The summed E-state index contributed by atoms with van der Waals surface area (Å²) >= 11 is 0. The lowest BCUT2D eigenvalue weighted by atomic mass is 9.74. The second kappa shape index (κ2) is 6.16. The van der Waals surface area contributed by atoms with Gasteiger partial charge in [0.1, 0.15) is 0 Å². The molecule has 0 bridgehead atoms. The molecule has 5 heteroatoms. The predicted octanol–water partition coefficient (Wildman–Crippen LogP) is 3.84. The number of carbonyl (C=O) groups is 1. The van der Waals surface area contributed by atoms with Crippen LogP contribution in [0.3, 0.4) is 0 Å². The van der Waals surface area contributed by atoms with E-state index >= 15 is 0 Å². The maximum absolute atomic E-state index is 12.3. The molecule has 1 aliphatic heterocycles. The predicted molar refractivity (Wildman–Crippen MR) is 87.6 cm³/mol.